The predicted molar refractivity (Wildman–Crippen MR) is 124 cm³/mol. The Morgan fingerprint density at radius 1 is 0.935 bits per heavy atom. The van der Waals surface area contributed by atoms with Gasteiger partial charge >= 0.3 is 0 Å². The van der Waals surface area contributed by atoms with Gasteiger partial charge in [-0.25, -0.2) is 9.50 Å². The molecule has 0 amide bonds. The molecule has 4 aromatic rings. The van der Waals surface area contributed by atoms with Crippen LogP contribution in [0.4, 0.5) is 5.69 Å². The Hall–Kier alpha value is -3.22. The SMILES string of the molecule is CC(C)(O)c1cccc(-c2cnn3cc(-c4ccc(N5CCNCC5)cc4)cnc23)c1. The Balaban J connectivity index is 1.44. The molecule has 3 heterocycles. The van der Waals surface area contributed by atoms with E-state index in [4.69, 9.17) is 4.98 Å². The number of hydrogen-bond donors (Lipinski definition) is 2. The first kappa shape index (κ1) is 19.7. The Morgan fingerprint density at radius 3 is 2.45 bits per heavy atom. The van der Waals surface area contributed by atoms with Crippen molar-refractivity contribution in [3.8, 4) is 22.3 Å². The fourth-order valence-corrected chi connectivity index (χ4v) is 4.08. The molecule has 1 aliphatic heterocycles. The summed E-state index contributed by atoms with van der Waals surface area (Å²) >= 11 is 0. The van der Waals surface area contributed by atoms with Crippen molar-refractivity contribution in [2.75, 3.05) is 31.1 Å². The minimum atomic E-state index is -0.892. The molecule has 2 aromatic carbocycles. The van der Waals surface area contributed by atoms with Crippen LogP contribution in [0, 0.1) is 0 Å². The fourth-order valence-electron chi connectivity index (χ4n) is 4.08. The van der Waals surface area contributed by atoms with Crippen molar-refractivity contribution in [1.82, 2.24) is 19.9 Å². The highest BCUT2D eigenvalue weighted by Crippen LogP contribution is 2.29. The van der Waals surface area contributed by atoms with Gasteiger partial charge in [-0.15, -0.1) is 0 Å². The summed E-state index contributed by atoms with van der Waals surface area (Å²) in [4.78, 5) is 7.12. The lowest BCUT2D eigenvalue weighted by atomic mass is 9.95. The largest absolute Gasteiger partial charge is 0.386 e. The standard InChI is InChI=1S/C25H27N5O/c1-25(2,31)21-5-3-4-19(14-21)23-16-28-30-17-20(15-27-24(23)30)18-6-8-22(9-7-18)29-12-10-26-11-13-29/h3-9,14-17,26,31H,10-13H2,1-2H3. The van der Waals surface area contributed by atoms with Crippen LogP contribution < -0.4 is 10.2 Å². The first-order valence-corrected chi connectivity index (χ1v) is 10.7. The highest BCUT2D eigenvalue weighted by atomic mass is 16.3. The van der Waals surface area contributed by atoms with Gasteiger partial charge in [0.15, 0.2) is 5.65 Å². The van der Waals surface area contributed by atoms with Gasteiger partial charge in [0.05, 0.1) is 11.8 Å². The Bertz CT molecular complexity index is 1200. The number of hydrogen-bond acceptors (Lipinski definition) is 5. The van der Waals surface area contributed by atoms with E-state index >= 15 is 0 Å². The van der Waals surface area contributed by atoms with E-state index in [9.17, 15) is 5.11 Å². The molecule has 0 saturated carbocycles. The number of benzene rings is 2. The van der Waals surface area contributed by atoms with E-state index in [1.54, 1.807) is 13.8 Å². The highest BCUT2D eigenvalue weighted by molar-refractivity contribution is 5.78. The molecule has 158 valence electrons. The first-order chi connectivity index (χ1) is 15.0. The molecule has 31 heavy (non-hydrogen) atoms. The molecule has 5 rings (SSSR count). The van der Waals surface area contributed by atoms with Gasteiger partial charge in [0, 0.05) is 55.4 Å². The van der Waals surface area contributed by atoms with E-state index in [1.165, 1.54) is 5.69 Å². The number of aliphatic hydroxyl groups is 1. The van der Waals surface area contributed by atoms with Crippen molar-refractivity contribution >= 4 is 11.3 Å². The van der Waals surface area contributed by atoms with Gasteiger partial charge in [-0.1, -0.05) is 30.3 Å². The second-order valence-corrected chi connectivity index (χ2v) is 8.59. The van der Waals surface area contributed by atoms with Gasteiger partial charge in [-0.2, -0.15) is 5.10 Å². The summed E-state index contributed by atoms with van der Waals surface area (Å²) < 4.78 is 1.83. The van der Waals surface area contributed by atoms with E-state index in [0.717, 1.165) is 59.6 Å². The van der Waals surface area contributed by atoms with Crippen LogP contribution in [-0.2, 0) is 5.60 Å². The van der Waals surface area contributed by atoms with E-state index in [0.29, 0.717) is 0 Å². The average Bonchev–Trinajstić information content (AvgIpc) is 3.23. The summed E-state index contributed by atoms with van der Waals surface area (Å²) in [7, 11) is 0. The summed E-state index contributed by atoms with van der Waals surface area (Å²) in [6, 6.07) is 16.6. The summed E-state index contributed by atoms with van der Waals surface area (Å²) in [6.45, 7) is 7.72. The molecule has 0 spiro atoms. The summed E-state index contributed by atoms with van der Waals surface area (Å²) in [5.74, 6) is 0. The van der Waals surface area contributed by atoms with Crippen LogP contribution in [0.1, 0.15) is 19.4 Å². The first-order valence-electron chi connectivity index (χ1n) is 10.7. The number of piperazine rings is 1. The number of nitrogens with one attached hydrogen (secondary N) is 1. The summed E-state index contributed by atoms with van der Waals surface area (Å²) in [5.41, 5.74) is 6.12. The Labute approximate surface area is 182 Å². The summed E-state index contributed by atoms with van der Waals surface area (Å²) in [5, 5.41) is 18.3. The van der Waals surface area contributed by atoms with Crippen LogP contribution in [0.5, 0.6) is 0 Å². The third kappa shape index (κ3) is 3.92. The quantitative estimate of drug-likeness (QED) is 0.534. The van der Waals surface area contributed by atoms with Gasteiger partial charge in [0.2, 0.25) is 0 Å². The van der Waals surface area contributed by atoms with Crippen molar-refractivity contribution in [2.45, 2.75) is 19.4 Å². The minimum Gasteiger partial charge on any atom is -0.386 e. The number of aromatic nitrogens is 3. The summed E-state index contributed by atoms with van der Waals surface area (Å²) in [6.07, 6.45) is 5.76. The molecule has 0 bridgehead atoms. The lowest BCUT2D eigenvalue weighted by molar-refractivity contribution is 0.0786. The fraction of sp³-hybridized carbons (Fsp3) is 0.280. The maximum Gasteiger partial charge on any atom is 0.162 e. The van der Waals surface area contributed by atoms with Crippen LogP contribution in [0.15, 0.2) is 67.1 Å². The lowest BCUT2D eigenvalue weighted by Gasteiger charge is -2.29. The van der Waals surface area contributed by atoms with Crippen LogP contribution in [0.25, 0.3) is 27.9 Å². The zero-order valence-electron chi connectivity index (χ0n) is 17.9. The molecule has 0 radical (unpaired) electrons. The molecule has 1 saturated heterocycles. The van der Waals surface area contributed by atoms with Crippen LogP contribution in [0.3, 0.4) is 0 Å². The molecule has 1 fully saturated rings. The number of rotatable bonds is 4. The van der Waals surface area contributed by atoms with Crippen LogP contribution in [-0.4, -0.2) is 45.9 Å². The van der Waals surface area contributed by atoms with E-state index in [1.807, 2.05) is 47.4 Å². The van der Waals surface area contributed by atoms with E-state index in [-0.39, 0.29) is 0 Å². The molecule has 2 aromatic heterocycles. The number of nitrogens with zero attached hydrogens (tertiary/aromatic N) is 4. The molecular weight excluding hydrogens is 386 g/mol. The van der Waals surface area contributed by atoms with E-state index < -0.39 is 5.60 Å². The van der Waals surface area contributed by atoms with Gasteiger partial charge in [0.25, 0.3) is 0 Å². The maximum absolute atomic E-state index is 10.3. The number of fused-ring (bicyclic) bond motifs is 1. The Kier molecular flexibility index (Phi) is 4.96. The molecule has 6 heteroatoms. The zero-order valence-corrected chi connectivity index (χ0v) is 17.9. The third-order valence-corrected chi connectivity index (χ3v) is 5.92. The average molecular weight is 414 g/mol. The predicted octanol–water partition coefficient (Wildman–Crippen LogP) is 3.70. The van der Waals surface area contributed by atoms with Crippen molar-refractivity contribution in [2.24, 2.45) is 0 Å². The normalized spacial score (nSPS) is 14.9. The molecular formula is C25H27N5O. The third-order valence-electron chi connectivity index (χ3n) is 5.92. The minimum absolute atomic E-state index is 0.800. The molecule has 1 aliphatic rings. The Morgan fingerprint density at radius 2 is 1.71 bits per heavy atom. The molecule has 0 atom stereocenters. The molecule has 0 aliphatic carbocycles. The zero-order chi connectivity index (χ0) is 21.4. The van der Waals surface area contributed by atoms with Crippen molar-refractivity contribution < 1.29 is 5.11 Å². The van der Waals surface area contributed by atoms with E-state index in [2.05, 4.69) is 39.6 Å². The second-order valence-electron chi connectivity index (χ2n) is 8.59. The smallest absolute Gasteiger partial charge is 0.162 e. The van der Waals surface area contributed by atoms with Crippen molar-refractivity contribution in [3.63, 3.8) is 0 Å². The van der Waals surface area contributed by atoms with Gasteiger partial charge in [0.1, 0.15) is 0 Å². The van der Waals surface area contributed by atoms with Gasteiger partial charge < -0.3 is 15.3 Å². The molecule has 2 N–H and O–H groups in total. The van der Waals surface area contributed by atoms with Gasteiger partial charge in [-0.3, -0.25) is 0 Å². The monoisotopic (exact) mass is 413 g/mol. The van der Waals surface area contributed by atoms with Crippen LogP contribution >= 0.6 is 0 Å². The van der Waals surface area contributed by atoms with Crippen LogP contribution in [0.2, 0.25) is 0 Å². The molecule has 0 unspecified atom stereocenters. The second kappa shape index (κ2) is 7.80. The van der Waals surface area contributed by atoms with Crippen molar-refractivity contribution in [1.29, 1.82) is 0 Å². The molecule has 6 nitrogen and oxygen atoms in total. The van der Waals surface area contributed by atoms with Gasteiger partial charge in [-0.05, 0) is 48.7 Å². The lowest BCUT2D eigenvalue weighted by Crippen LogP contribution is -2.43. The highest BCUT2D eigenvalue weighted by Gasteiger charge is 2.18. The van der Waals surface area contributed by atoms with Crippen molar-refractivity contribution in [3.05, 3.63) is 72.7 Å². The maximum atomic E-state index is 10.3. The topological polar surface area (TPSA) is 65.7 Å². The number of anilines is 1.